The molecule has 0 fully saturated rings. The van der Waals surface area contributed by atoms with Gasteiger partial charge in [-0.2, -0.15) is 0 Å². The number of rotatable bonds is 4. The van der Waals surface area contributed by atoms with Gasteiger partial charge in [0.15, 0.2) is 11.5 Å². The largest absolute Gasteiger partial charge is 0.486 e. The molecule has 24 heavy (non-hydrogen) atoms. The Morgan fingerprint density at radius 3 is 2.50 bits per heavy atom. The quantitative estimate of drug-likeness (QED) is 0.903. The Labute approximate surface area is 139 Å². The number of benzene rings is 2. The van der Waals surface area contributed by atoms with E-state index in [2.05, 4.69) is 10.6 Å². The summed E-state index contributed by atoms with van der Waals surface area (Å²) in [5.41, 5.74) is 1.17. The lowest BCUT2D eigenvalue weighted by molar-refractivity contribution is -0.114. The van der Waals surface area contributed by atoms with E-state index in [1.807, 2.05) is 24.3 Å². The Bertz CT molecular complexity index is 743. The number of fused-ring (bicyclic) bond motifs is 1. The Hall–Kier alpha value is -3.02. The van der Waals surface area contributed by atoms with Crippen molar-refractivity contribution in [2.45, 2.75) is 13.0 Å². The van der Waals surface area contributed by atoms with Crippen molar-refractivity contribution in [2.75, 3.05) is 18.5 Å². The first-order valence-corrected chi connectivity index (χ1v) is 7.66. The van der Waals surface area contributed by atoms with Crippen molar-refractivity contribution in [1.82, 2.24) is 5.32 Å². The maximum Gasteiger partial charge on any atom is 0.251 e. The van der Waals surface area contributed by atoms with E-state index >= 15 is 0 Å². The molecule has 6 heteroatoms. The molecule has 124 valence electrons. The molecule has 1 aliphatic rings. The maximum absolute atomic E-state index is 12.2. The number of nitrogens with one attached hydrogen (secondary N) is 2. The van der Waals surface area contributed by atoms with Crippen molar-refractivity contribution in [3.63, 3.8) is 0 Å². The number of carbonyl (C=O) groups is 2. The molecule has 2 aromatic rings. The summed E-state index contributed by atoms with van der Waals surface area (Å²) in [6, 6.07) is 14.1. The van der Waals surface area contributed by atoms with E-state index in [1.54, 1.807) is 24.3 Å². The van der Waals surface area contributed by atoms with Crippen molar-refractivity contribution in [1.29, 1.82) is 0 Å². The Morgan fingerprint density at radius 2 is 1.79 bits per heavy atom. The first-order valence-electron chi connectivity index (χ1n) is 7.66. The van der Waals surface area contributed by atoms with Crippen molar-refractivity contribution < 1.29 is 19.1 Å². The summed E-state index contributed by atoms with van der Waals surface area (Å²) in [5.74, 6) is 1.05. The molecule has 1 atom stereocenters. The number of anilines is 1. The minimum atomic E-state index is -0.234. The highest BCUT2D eigenvalue weighted by molar-refractivity contribution is 5.95. The van der Waals surface area contributed by atoms with E-state index < -0.39 is 0 Å². The molecule has 1 aliphatic heterocycles. The van der Waals surface area contributed by atoms with Gasteiger partial charge in [-0.3, -0.25) is 9.59 Å². The topological polar surface area (TPSA) is 76.7 Å². The van der Waals surface area contributed by atoms with Crippen LogP contribution in [-0.2, 0) is 4.79 Å². The summed E-state index contributed by atoms with van der Waals surface area (Å²) >= 11 is 0. The van der Waals surface area contributed by atoms with Gasteiger partial charge in [-0.25, -0.2) is 0 Å². The first kappa shape index (κ1) is 15.9. The predicted octanol–water partition coefficient (Wildman–Crippen LogP) is 2.21. The second-order valence-electron chi connectivity index (χ2n) is 5.47. The number of ether oxygens (including phenoxy) is 2. The van der Waals surface area contributed by atoms with Gasteiger partial charge in [0.25, 0.3) is 5.91 Å². The van der Waals surface area contributed by atoms with Crippen LogP contribution in [0.2, 0.25) is 0 Å². The van der Waals surface area contributed by atoms with Crippen LogP contribution < -0.4 is 20.1 Å². The molecule has 0 aromatic heterocycles. The lowest BCUT2D eigenvalue weighted by atomic mass is 10.2. The summed E-state index contributed by atoms with van der Waals surface area (Å²) in [6.07, 6.45) is -0.234. The number of para-hydroxylation sites is 2. The average Bonchev–Trinajstić information content (AvgIpc) is 2.59. The van der Waals surface area contributed by atoms with Gasteiger partial charge in [0.2, 0.25) is 5.91 Å². The molecule has 2 N–H and O–H groups in total. The molecule has 0 bridgehead atoms. The number of hydrogen-bond acceptors (Lipinski definition) is 4. The van der Waals surface area contributed by atoms with E-state index in [0.717, 1.165) is 0 Å². The Kier molecular flexibility index (Phi) is 4.65. The molecule has 1 heterocycles. The van der Waals surface area contributed by atoms with Crippen molar-refractivity contribution in [3.8, 4) is 11.5 Å². The standard InChI is InChI=1S/C18H18N2O4/c1-12(21)20-14-8-6-13(7-9-14)18(22)19-10-15-11-23-16-4-2-3-5-17(16)24-15/h2-9,15H,10-11H2,1H3,(H,19,22)(H,20,21)/t15-/m0/s1. The van der Waals surface area contributed by atoms with Crippen LogP contribution in [0.4, 0.5) is 5.69 Å². The van der Waals surface area contributed by atoms with Crippen LogP contribution in [0.3, 0.4) is 0 Å². The highest BCUT2D eigenvalue weighted by atomic mass is 16.6. The molecule has 0 radical (unpaired) electrons. The maximum atomic E-state index is 12.2. The highest BCUT2D eigenvalue weighted by Gasteiger charge is 2.21. The van der Waals surface area contributed by atoms with Crippen LogP contribution in [-0.4, -0.2) is 31.1 Å². The molecule has 0 saturated heterocycles. The minimum absolute atomic E-state index is 0.151. The molecule has 2 amide bonds. The van der Waals surface area contributed by atoms with Crippen LogP contribution in [0, 0.1) is 0 Å². The fourth-order valence-corrected chi connectivity index (χ4v) is 2.38. The van der Waals surface area contributed by atoms with Gasteiger partial charge < -0.3 is 20.1 Å². The molecular weight excluding hydrogens is 308 g/mol. The number of carbonyl (C=O) groups excluding carboxylic acids is 2. The smallest absolute Gasteiger partial charge is 0.251 e. The molecule has 3 rings (SSSR count). The molecule has 0 saturated carbocycles. The second-order valence-corrected chi connectivity index (χ2v) is 5.47. The van der Waals surface area contributed by atoms with Crippen molar-refractivity contribution >= 4 is 17.5 Å². The van der Waals surface area contributed by atoms with E-state index in [0.29, 0.717) is 35.9 Å². The third-order valence-electron chi connectivity index (χ3n) is 3.53. The monoisotopic (exact) mass is 326 g/mol. The summed E-state index contributed by atoms with van der Waals surface area (Å²) < 4.78 is 11.4. The molecule has 6 nitrogen and oxygen atoms in total. The van der Waals surface area contributed by atoms with Crippen LogP contribution in [0.15, 0.2) is 48.5 Å². The van der Waals surface area contributed by atoms with Crippen LogP contribution >= 0.6 is 0 Å². The normalized spacial score (nSPS) is 15.5. The van der Waals surface area contributed by atoms with Gasteiger partial charge in [0.1, 0.15) is 12.7 Å². The van der Waals surface area contributed by atoms with Crippen LogP contribution in [0.25, 0.3) is 0 Å². The average molecular weight is 326 g/mol. The Balaban J connectivity index is 1.53. The minimum Gasteiger partial charge on any atom is -0.486 e. The fraction of sp³-hybridized carbons (Fsp3) is 0.222. The third-order valence-corrected chi connectivity index (χ3v) is 3.53. The van der Waals surface area contributed by atoms with Crippen LogP contribution in [0.5, 0.6) is 11.5 Å². The zero-order valence-corrected chi connectivity index (χ0v) is 13.2. The lowest BCUT2D eigenvalue weighted by Crippen LogP contribution is -2.40. The summed E-state index contributed by atoms with van der Waals surface area (Å²) in [4.78, 5) is 23.2. The van der Waals surface area contributed by atoms with E-state index in [1.165, 1.54) is 6.92 Å². The van der Waals surface area contributed by atoms with E-state index in [4.69, 9.17) is 9.47 Å². The van der Waals surface area contributed by atoms with Crippen molar-refractivity contribution in [3.05, 3.63) is 54.1 Å². The predicted molar refractivity (Wildman–Crippen MR) is 89.4 cm³/mol. The first-order chi connectivity index (χ1) is 11.6. The number of amides is 2. The van der Waals surface area contributed by atoms with Gasteiger partial charge in [0.05, 0.1) is 6.54 Å². The summed E-state index contributed by atoms with van der Waals surface area (Å²) in [5, 5.41) is 5.49. The SMILES string of the molecule is CC(=O)Nc1ccc(C(=O)NC[C@H]2COc3ccccc3O2)cc1. The molecule has 0 aliphatic carbocycles. The zero-order valence-electron chi connectivity index (χ0n) is 13.2. The highest BCUT2D eigenvalue weighted by Crippen LogP contribution is 2.30. The van der Waals surface area contributed by atoms with Crippen LogP contribution in [0.1, 0.15) is 17.3 Å². The molecule has 2 aromatic carbocycles. The van der Waals surface area contributed by atoms with Gasteiger partial charge >= 0.3 is 0 Å². The Morgan fingerprint density at radius 1 is 1.08 bits per heavy atom. The van der Waals surface area contributed by atoms with Gasteiger partial charge in [0, 0.05) is 18.2 Å². The fourth-order valence-electron chi connectivity index (χ4n) is 2.38. The molecular formula is C18H18N2O4. The second kappa shape index (κ2) is 7.04. The zero-order chi connectivity index (χ0) is 16.9. The molecule has 0 spiro atoms. The lowest BCUT2D eigenvalue weighted by Gasteiger charge is -2.26. The number of hydrogen-bond donors (Lipinski definition) is 2. The summed E-state index contributed by atoms with van der Waals surface area (Å²) in [7, 11) is 0. The third kappa shape index (κ3) is 3.84. The molecule has 0 unspecified atom stereocenters. The van der Waals surface area contributed by atoms with Gasteiger partial charge in [-0.15, -0.1) is 0 Å². The van der Waals surface area contributed by atoms with Gasteiger partial charge in [-0.1, -0.05) is 12.1 Å². The van der Waals surface area contributed by atoms with Crippen molar-refractivity contribution in [2.24, 2.45) is 0 Å². The summed E-state index contributed by atoms with van der Waals surface area (Å²) in [6.45, 7) is 2.17. The van der Waals surface area contributed by atoms with Gasteiger partial charge in [-0.05, 0) is 36.4 Å². The van der Waals surface area contributed by atoms with E-state index in [-0.39, 0.29) is 17.9 Å². The van der Waals surface area contributed by atoms with E-state index in [9.17, 15) is 9.59 Å².